The summed E-state index contributed by atoms with van der Waals surface area (Å²) in [5.41, 5.74) is 0. The molecule has 1 saturated carbocycles. The van der Waals surface area contributed by atoms with Crippen LogP contribution in [0.5, 0.6) is 0 Å². The molecule has 0 aromatic carbocycles. The van der Waals surface area contributed by atoms with Gasteiger partial charge in [-0.15, -0.1) is 16.1 Å². The lowest BCUT2D eigenvalue weighted by atomic mass is 9.96. The maximum absolute atomic E-state index is 4.18. The molecule has 1 aromatic heterocycles. The Balaban J connectivity index is 1.81. The molecule has 0 radical (unpaired) electrons. The zero-order valence-corrected chi connectivity index (χ0v) is 11.7. The van der Waals surface area contributed by atoms with Crippen molar-refractivity contribution in [3.8, 4) is 11.8 Å². The van der Waals surface area contributed by atoms with E-state index in [0.717, 1.165) is 15.2 Å². The number of anilines is 1. The summed E-state index contributed by atoms with van der Waals surface area (Å²) in [6, 6.07) is 0.602. The molecule has 0 aliphatic heterocycles. The van der Waals surface area contributed by atoms with E-state index in [1.165, 1.54) is 32.1 Å². The summed E-state index contributed by atoms with van der Waals surface area (Å²) in [4.78, 5) is 0. The fourth-order valence-corrected chi connectivity index (χ4v) is 3.56. The molecule has 0 spiro atoms. The predicted octanol–water partition coefficient (Wildman–Crippen LogP) is 3.40. The Bertz CT molecular complexity index is 399. The molecule has 0 unspecified atom stereocenters. The molecular weight excluding hydrogens is 250 g/mol. The van der Waals surface area contributed by atoms with E-state index in [-0.39, 0.29) is 0 Å². The van der Waals surface area contributed by atoms with Crippen LogP contribution in [-0.4, -0.2) is 22.0 Å². The zero-order valence-electron chi connectivity index (χ0n) is 10.0. The van der Waals surface area contributed by atoms with Gasteiger partial charge in [0.25, 0.3) is 0 Å². The standard InChI is InChI=1S/C12H17N3S2/c1-2-3-9-16-12-15-14-11(17-12)13-10-7-5-4-6-8-10/h10H,4-9H2,1H3,(H,13,14). The fraction of sp³-hybridized carbons (Fsp3) is 0.667. The summed E-state index contributed by atoms with van der Waals surface area (Å²) in [7, 11) is 0. The van der Waals surface area contributed by atoms with Crippen LogP contribution in [0.25, 0.3) is 0 Å². The third-order valence-corrected chi connectivity index (χ3v) is 4.65. The summed E-state index contributed by atoms with van der Waals surface area (Å²) in [5, 5.41) is 12.8. The van der Waals surface area contributed by atoms with Gasteiger partial charge in [0, 0.05) is 6.04 Å². The number of rotatable bonds is 4. The molecule has 1 fully saturated rings. The molecule has 1 aliphatic carbocycles. The fourth-order valence-electron chi connectivity index (χ4n) is 1.92. The molecule has 1 aromatic rings. The number of hydrogen-bond acceptors (Lipinski definition) is 5. The first-order chi connectivity index (χ1) is 8.38. The van der Waals surface area contributed by atoms with Crippen molar-refractivity contribution < 1.29 is 0 Å². The van der Waals surface area contributed by atoms with Crippen LogP contribution in [0, 0.1) is 11.8 Å². The Kier molecular flexibility index (Phi) is 5.14. The van der Waals surface area contributed by atoms with Gasteiger partial charge in [-0.25, -0.2) is 0 Å². The molecule has 1 N–H and O–H groups in total. The third-order valence-electron chi connectivity index (χ3n) is 2.78. The topological polar surface area (TPSA) is 37.8 Å². The molecule has 5 heteroatoms. The molecule has 0 atom stereocenters. The second-order valence-electron chi connectivity index (χ2n) is 4.07. The van der Waals surface area contributed by atoms with Crippen molar-refractivity contribution in [1.29, 1.82) is 0 Å². The number of aromatic nitrogens is 2. The molecule has 0 saturated heterocycles. The number of nitrogens with zero attached hydrogens (tertiary/aromatic N) is 2. The Labute approximate surface area is 111 Å². The van der Waals surface area contributed by atoms with Gasteiger partial charge in [0.05, 0.1) is 5.75 Å². The Hall–Kier alpha value is -0.730. The van der Waals surface area contributed by atoms with Crippen molar-refractivity contribution in [2.75, 3.05) is 11.1 Å². The van der Waals surface area contributed by atoms with Gasteiger partial charge in [0.2, 0.25) is 5.13 Å². The van der Waals surface area contributed by atoms with E-state index in [0.29, 0.717) is 6.04 Å². The summed E-state index contributed by atoms with van der Waals surface area (Å²) < 4.78 is 1.01. The van der Waals surface area contributed by atoms with Crippen LogP contribution in [0.4, 0.5) is 5.13 Å². The minimum absolute atomic E-state index is 0.602. The van der Waals surface area contributed by atoms with Crippen LogP contribution in [0.3, 0.4) is 0 Å². The van der Waals surface area contributed by atoms with Gasteiger partial charge < -0.3 is 5.32 Å². The number of nitrogens with one attached hydrogen (secondary N) is 1. The molecule has 0 bridgehead atoms. The Morgan fingerprint density at radius 1 is 1.35 bits per heavy atom. The number of thioether (sulfide) groups is 1. The number of hydrogen-bond donors (Lipinski definition) is 1. The third kappa shape index (κ3) is 4.21. The maximum Gasteiger partial charge on any atom is 0.206 e. The highest BCUT2D eigenvalue weighted by Gasteiger charge is 2.14. The minimum Gasteiger partial charge on any atom is -0.357 e. The van der Waals surface area contributed by atoms with E-state index in [1.807, 2.05) is 6.92 Å². The summed E-state index contributed by atoms with van der Waals surface area (Å²) in [5.74, 6) is 6.70. The van der Waals surface area contributed by atoms with E-state index in [4.69, 9.17) is 0 Å². The van der Waals surface area contributed by atoms with Gasteiger partial charge in [-0.3, -0.25) is 0 Å². The predicted molar refractivity (Wildman–Crippen MR) is 74.6 cm³/mol. The highest BCUT2D eigenvalue weighted by Crippen LogP contribution is 2.27. The minimum atomic E-state index is 0.602. The van der Waals surface area contributed by atoms with Crippen LogP contribution in [0.2, 0.25) is 0 Å². The van der Waals surface area contributed by atoms with E-state index in [9.17, 15) is 0 Å². The second kappa shape index (κ2) is 6.87. The molecule has 0 amide bonds. The van der Waals surface area contributed by atoms with Crippen molar-refractivity contribution >= 4 is 28.2 Å². The second-order valence-corrected chi connectivity index (χ2v) is 6.27. The van der Waals surface area contributed by atoms with Gasteiger partial charge in [0.15, 0.2) is 4.34 Å². The summed E-state index contributed by atoms with van der Waals surface area (Å²) >= 11 is 3.30. The van der Waals surface area contributed by atoms with Gasteiger partial charge in [0.1, 0.15) is 0 Å². The van der Waals surface area contributed by atoms with Crippen molar-refractivity contribution in [2.45, 2.75) is 49.4 Å². The van der Waals surface area contributed by atoms with Crippen LogP contribution in [0.1, 0.15) is 39.0 Å². The van der Waals surface area contributed by atoms with Gasteiger partial charge in [-0.2, -0.15) is 0 Å². The summed E-state index contributed by atoms with van der Waals surface area (Å²) in [6.07, 6.45) is 6.59. The average molecular weight is 267 g/mol. The molecule has 1 heterocycles. The Morgan fingerprint density at radius 3 is 2.94 bits per heavy atom. The zero-order chi connectivity index (χ0) is 11.9. The first kappa shape index (κ1) is 12.7. The largest absolute Gasteiger partial charge is 0.357 e. The quantitative estimate of drug-likeness (QED) is 0.670. The van der Waals surface area contributed by atoms with Crippen molar-refractivity contribution in [3.63, 3.8) is 0 Å². The highest BCUT2D eigenvalue weighted by molar-refractivity contribution is 8.01. The molecular formula is C12H17N3S2. The molecule has 92 valence electrons. The van der Waals surface area contributed by atoms with Crippen LogP contribution in [0.15, 0.2) is 4.34 Å². The Morgan fingerprint density at radius 2 is 2.18 bits per heavy atom. The summed E-state index contributed by atoms with van der Waals surface area (Å²) in [6.45, 7) is 1.86. The van der Waals surface area contributed by atoms with Gasteiger partial charge in [-0.1, -0.05) is 48.3 Å². The highest BCUT2D eigenvalue weighted by atomic mass is 32.2. The van der Waals surface area contributed by atoms with Crippen LogP contribution < -0.4 is 5.32 Å². The van der Waals surface area contributed by atoms with E-state index < -0.39 is 0 Å². The molecule has 2 rings (SSSR count). The van der Waals surface area contributed by atoms with Gasteiger partial charge >= 0.3 is 0 Å². The van der Waals surface area contributed by atoms with E-state index in [1.54, 1.807) is 23.1 Å². The van der Waals surface area contributed by atoms with E-state index in [2.05, 4.69) is 27.4 Å². The lowest BCUT2D eigenvalue weighted by molar-refractivity contribution is 0.462. The maximum atomic E-state index is 4.18. The van der Waals surface area contributed by atoms with Crippen molar-refractivity contribution in [3.05, 3.63) is 0 Å². The molecule has 3 nitrogen and oxygen atoms in total. The van der Waals surface area contributed by atoms with E-state index >= 15 is 0 Å². The first-order valence-electron chi connectivity index (χ1n) is 6.01. The van der Waals surface area contributed by atoms with Crippen LogP contribution in [-0.2, 0) is 0 Å². The average Bonchev–Trinajstić information content (AvgIpc) is 2.79. The molecule has 17 heavy (non-hydrogen) atoms. The van der Waals surface area contributed by atoms with Crippen molar-refractivity contribution in [2.24, 2.45) is 0 Å². The molecule has 1 aliphatic rings. The smallest absolute Gasteiger partial charge is 0.206 e. The van der Waals surface area contributed by atoms with Crippen molar-refractivity contribution in [1.82, 2.24) is 10.2 Å². The monoisotopic (exact) mass is 267 g/mol. The lowest BCUT2D eigenvalue weighted by Crippen LogP contribution is -2.21. The lowest BCUT2D eigenvalue weighted by Gasteiger charge is -2.21. The normalized spacial score (nSPS) is 16.3. The first-order valence-corrected chi connectivity index (χ1v) is 7.81. The van der Waals surface area contributed by atoms with Crippen LogP contribution >= 0.6 is 23.1 Å². The van der Waals surface area contributed by atoms with Gasteiger partial charge in [-0.05, 0) is 19.8 Å². The SMILES string of the molecule is CC#CCSc1nnc(NC2CCCCC2)s1.